The molecular weight excluding hydrogens is 558 g/mol. The average Bonchev–Trinajstić information content (AvgIpc) is 2.95. The van der Waals surface area contributed by atoms with Gasteiger partial charge in [0.2, 0.25) is 0 Å². The van der Waals surface area contributed by atoms with E-state index in [0.29, 0.717) is 23.2 Å². The highest BCUT2D eigenvalue weighted by molar-refractivity contribution is 6.11. The van der Waals surface area contributed by atoms with Crippen LogP contribution >= 0.6 is 0 Å². The van der Waals surface area contributed by atoms with Crippen LogP contribution < -0.4 is 27.9 Å². The highest BCUT2D eigenvalue weighted by atomic mass is 16.4. The molecule has 2 aromatic rings. The van der Waals surface area contributed by atoms with Gasteiger partial charge in [0.1, 0.15) is 12.4 Å². The second kappa shape index (κ2) is 14.0. The summed E-state index contributed by atoms with van der Waals surface area (Å²) < 4.78 is 0. The van der Waals surface area contributed by atoms with Gasteiger partial charge in [-0.15, -0.1) is 0 Å². The number of ketones is 1. The highest BCUT2D eigenvalue weighted by Gasteiger charge is 2.53. The first-order chi connectivity index (χ1) is 20.3. The third-order valence-electron chi connectivity index (χ3n) is 6.94. The lowest BCUT2D eigenvalue weighted by molar-refractivity contribution is -0.165. The number of guanidine groups is 1. The molecule has 1 fully saturated rings. The molecule has 1 saturated heterocycles. The maximum Gasteiger partial charge on any atom is 0.323 e. The Labute approximate surface area is 247 Å². The van der Waals surface area contributed by atoms with Crippen LogP contribution in [0.25, 0.3) is 0 Å². The molecule has 1 aliphatic heterocycles. The molecule has 1 atom stereocenters. The van der Waals surface area contributed by atoms with Crippen molar-refractivity contribution in [1.29, 1.82) is 5.41 Å². The van der Waals surface area contributed by atoms with Gasteiger partial charge in [0.05, 0.1) is 5.69 Å². The van der Waals surface area contributed by atoms with Gasteiger partial charge >= 0.3 is 5.97 Å². The number of benzene rings is 2. The number of piperazine rings is 1. The maximum atomic E-state index is 13.6. The van der Waals surface area contributed by atoms with Crippen molar-refractivity contribution in [2.24, 2.45) is 22.2 Å². The van der Waals surface area contributed by atoms with Crippen LogP contribution in [0.3, 0.4) is 0 Å². The van der Waals surface area contributed by atoms with Crippen molar-refractivity contribution in [3.05, 3.63) is 65.2 Å². The van der Waals surface area contributed by atoms with Gasteiger partial charge in [0.25, 0.3) is 17.7 Å². The molecule has 2 aromatic carbocycles. The van der Waals surface area contributed by atoms with Crippen molar-refractivity contribution in [3.8, 4) is 0 Å². The zero-order chi connectivity index (χ0) is 31.7. The van der Waals surface area contributed by atoms with E-state index in [1.807, 2.05) is 0 Å². The third kappa shape index (κ3) is 7.91. The molecule has 0 aromatic heterocycles. The molecule has 0 spiro atoms. The van der Waals surface area contributed by atoms with E-state index in [-0.39, 0.29) is 55.7 Å². The lowest BCUT2D eigenvalue weighted by atomic mass is 9.84. The number of nitrogen functional groups attached to an aromatic ring is 1. The van der Waals surface area contributed by atoms with Crippen molar-refractivity contribution >= 4 is 47.0 Å². The summed E-state index contributed by atoms with van der Waals surface area (Å²) in [6.45, 7) is 0.825. The first kappa shape index (κ1) is 32.2. The molecule has 15 nitrogen and oxygen atoms in total. The fourth-order valence-electron chi connectivity index (χ4n) is 4.75. The van der Waals surface area contributed by atoms with Crippen molar-refractivity contribution in [2.75, 3.05) is 26.2 Å². The van der Waals surface area contributed by atoms with Crippen LogP contribution in [-0.4, -0.2) is 88.0 Å². The Morgan fingerprint density at radius 1 is 0.930 bits per heavy atom. The number of Topliss-reactive ketones (excluding diaryl/α,β-unsaturated/α-hetero) is 1. The Bertz CT molecular complexity index is 1420. The molecule has 10 N–H and O–H groups in total. The molecule has 0 aliphatic carbocycles. The Morgan fingerprint density at radius 2 is 1.51 bits per heavy atom. The van der Waals surface area contributed by atoms with Gasteiger partial charge in [-0.25, -0.2) is 4.99 Å². The number of carboxylic acids is 1. The number of nitrogens with one attached hydrogen (secondary N) is 3. The van der Waals surface area contributed by atoms with Crippen LogP contribution in [0, 0.1) is 5.41 Å². The Hall–Kier alpha value is -5.31. The van der Waals surface area contributed by atoms with Crippen LogP contribution in [0.5, 0.6) is 0 Å². The van der Waals surface area contributed by atoms with Crippen molar-refractivity contribution in [2.45, 2.75) is 31.7 Å². The van der Waals surface area contributed by atoms with Crippen LogP contribution in [-0.2, 0) is 14.4 Å². The van der Waals surface area contributed by atoms with E-state index in [1.54, 1.807) is 24.3 Å². The third-order valence-corrected chi connectivity index (χ3v) is 6.94. The van der Waals surface area contributed by atoms with Gasteiger partial charge in [-0.2, -0.15) is 5.01 Å². The summed E-state index contributed by atoms with van der Waals surface area (Å²) in [6, 6.07) is 12.2. The lowest BCUT2D eigenvalue weighted by Gasteiger charge is -2.47. The minimum Gasteiger partial charge on any atom is -0.480 e. The van der Waals surface area contributed by atoms with Gasteiger partial charge in [-0.1, -0.05) is 12.1 Å². The first-order valence-electron chi connectivity index (χ1n) is 13.4. The standard InChI is InChI=1S/C28H35N9O6/c1-17(38)28(12-2-3-13-33-24(41)19-8-10-21(11-9-19)34-27(31)32)26(43)36(16-22(39)40)14-15-37(28)35-25(42)20-6-4-18(5-7-20)23(29)30/h4-11H,2-3,12-16H2,1H3,(H3,29,30)(H,33,41)(H,35,42)(H,39,40)(H4,31,32,34). The number of carbonyl (C=O) groups excluding carboxylic acids is 4. The number of rotatable bonds is 13. The van der Waals surface area contributed by atoms with Crippen LogP contribution in [0.4, 0.5) is 5.69 Å². The number of nitrogens with two attached hydrogens (primary N) is 3. The number of hydrazine groups is 1. The van der Waals surface area contributed by atoms with E-state index in [9.17, 15) is 29.1 Å². The summed E-state index contributed by atoms with van der Waals surface area (Å²) in [4.78, 5) is 68.8. The van der Waals surface area contributed by atoms with E-state index in [2.05, 4.69) is 15.7 Å². The van der Waals surface area contributed by atoms with Crippen molar-refractivity contribution < 1.29 is 29.1 Å². The smallest absolute Gasteiger partial charge is 0.323 e. The molecule has 228 valence electrons. The second-order valence-electron chi connectivity index (χ2n) is 9.92. The normalized spacial score (nSPS) is 16.7. The van der Waals surface area contributed by atoms with Gasteiger partial charge < -0.3 is 32.5 Å². The minimum atomic E-state index is -1.85. The number of aliphatic carboxylic acids is 1. The molecule has 3 rings (SSSR count). The molecule has 0 radical (unpaired) electrons. The predicted octanol–water partition coefficient (Wildman–Crippen LogP) is -0.323. The molecule has 1 unspecified atom stereocenters. The van der Waals surface area contributed by atoms with E-state index in [0.717, 1.165) is 4.90 Å². The van der Waals surface area contributed by atoms with Crippen molar-refractivity contribution in [3.63, 3.8) is 0 Å². The van der Waals surface area contributed by atoms with E-state index in [1.165, 1.54) is 36.2 Å². The number of carbonyl (C=O) groups is 5. The molecular formula is C28H35N9O6. The van der Waals surface area contributed by atoms with E-state index < -0.39 is 35.7 Å². The SMILES string of the molecule is CC(=O)C1(CCCCNC(=O)c2ccc(N=C(N)N)cc2)C(=O)N(CC(=O)O)CCN1NC(=O)c1ccc(C(=N)N)cc1. The number of nitrogens with zero attached hydrogens (tertiary/aromatic N) is 3. The second-order valence-corrected chi connectivity index (χ2v) is 9.92. The van der Waals surface area contributed by atoms with Crippen LogP contribution in [0.1, 0.15) is 52.5 Å². The molecule has 1 aliphatic rings. The summed E-state index contributed by atoms with van der Waals surface area (Å²) in [6.07, 6.45) is 0.632. The largest absolute Gasteiger partial charge is 0.480 e. The molecule has 15 heteroatoms. The summed E-state index contributed by atoms with van der Waals surface area (Å²) in [5.41, 5.74) is 18.5. The van der Waals surface area contributed by atoms with E-state index in [4.69, 9.17) is 22.6 Å². The fraction of sp³-hybridized carbons (Fsp3) is 0.321. The summed E-state index contributed by atoms with van der Waals surface area (Å²) >= 11 is 0. The Kier molecular flexibility index (Phi) is 10.5. The van der Waals surface area contributed by atoms with Gasteiger partial charge in [0.15, 0.2) is 17.3 Å². The zero-order valence-corrected chi connectivity index (χ0v) is 23.6. The van der Waals surface area contributed by atoms with E-state index >= 15 is 0 Å². The topological polar surface area (TPSA) is 250 Å². The van der Waals surface area contributed by atoms with Crippen LogP contribution in [0.2, 0.25) is 0 Å². The predicted molar refractivity (Wildman–Crippen MR) is 157 cm³/mol. The number of aliphatic imine (C=N–C) groups is 1. The summed E-state index contributed by atoms with van der Waals surface area (Å²) in [7, 11) is 0. The van der Waals surface area contributed by atoms with Gasteiger partial charge in [0, 0.05) is 36.3 Å². The average molecular weight is 594 g/mol. The quantitative estimate of drug-likeness (QED) is 0.0689. The number of amidine groups is 1. The minimum absolute atomic E-state index is 0.00243. The maximum absolute atomic E-state index is 13.6. The molecule has 1 heterocycles. The monoisotopic (exact) mass is 593 g/mol. The lowest BCUT2D eigenvalue weighted by Crippen LogP contribution is -2.73. The highest BCUT2D eigenvalue weighted by Crippen LogP contribution is 2.29. The Morgan fingerprint density at radius 3 is 2.07 bits per heavy atom. The molecule has 3 amide bonds. The van der Waals surface area contributed by atoms with Crippen LogP contribution in [0.15, 0.2) is 53.5 Å². The number of amides is 3. The molecule has 0 bridgehead atoms. The summed E-state index contributed by atoms with van der Waals surface area (Å²) in [5, 5.41) is 20.9. The summed E-state index contributed by atoms with van der Waals surface area (Å²) in [5.74, 6) is -3.75. The molecule has 0 saturated carbocycles. The zero-order valence-electron chi connectivity index (χ0n) is 23.6. The number of unbranched alkanes of at least 4 members (excludes halogenated alkanes) is 1. The number of carboxylic acid groups (broad SMARTS) is 1. The Balaban J connectivity index is 1.71. The number of hydrogen-bond acceptors (Lipinski definition) is 8. The fourth-order valence-corrected chi connectivity index (χ4v) is 4.75. The first-order valence-corrected chi connectivity index (χ1v) is 13.4. The van der Waals surface area contributed by atoms with Crippen molar-refractivity contribution in [1.82, 2.24) is 20.7 Å². The van der Waals surface area contributed by atoms with Gasteiger partial charge in [-0.05, 0) is 62.6 Å². The molecule has 43 heavy (non-hydrogen) atoms. The number of hydrogen-bond donors (Lipinski definition) is 7. The van der Waals surface area contributed by atoms with Gasteiger partial charge in [-0.3, -0.25) is 34.8 Å².